The molecule has 86 valence electrons. The minimum absolute atomic E-state index is 0.173. The van der Waals surface area contributed by atoms with Gasteiger partial charge in [-0.25, -0.2) is 4.98 Å². The maximum atomic E-state index is 8.98. The fraction of sp³-hybridized carbons (Fsp3) is 0.333. The van der Waals surface area contributed by atoms with Gasteiger partial charge in [-0.15, -0.1) is 11.3 Å². The lowest BCUT2D eigenvalue weighted by Crippen LogP contribution is -2.28. The summed E-state index contributed by atoms with van der Waals surface area (Å²) in [6.07, 6.45) is 0. The molecule has 0 aliphatic rings. The second kappa shape index (κ2) is 4.60. The molecule has 0 bridgehead atoms. The predicted molar refractivity (Wildman–Crippen MR) is 63.4 cm³/mol. The Labute approximate surface area is 95.8 Å². The molecule has 0 amide bonds. The van der Waals surface area contributed by atoms with Crippen LogP contribution in [0.4, 0.5) is 11.8 Å². The van der Waals surface area contributed by atoms with E-state index < -0.39 is 6.04 Å². The van der Waals surface area contributed by atoms with Crippen LogP contribution in [0.3, 0.4) is 0 Å². The predicted octanol–water partition coefficient (Wildman–Crippen LogP) is 0.0386. The highest BCUT2D eigenvalue weighted by atomic mass is 32.1. The van der Waals surface area contributed by atoms with Gasteiger partial charge in [-0.1, -0.05) is 0 Å². The summed E-state index contributed by atoms with van der Waals surface area (Å²) in [4.78, 5) is 8.91. The molecular formula is C9H12N4O2S. The molecule has 7 heteroatoms. The van der Waals surface area contributed by atoms with Crippen molar-refractivity contribution < 1.29 is 10.2 Å². The lowest BCUT2D eigenvalue weighted by molar-refractivity contribution is 0.203. The number of nitrogens with zero attached hydrogens (tertiary/aromatic N) is 2. The minimum atomic E-state index is -0.447. The van der Waals surface area contributed by atoms with Gasteiger partial charge in [0.05, 0.1) is 24.6 Å². The van der Waals surface area contributed by atoms with Crippen LogP contribution in [0.1, 0.15) is 0 Å². The van der Waals surface area contributed by atoms with Gasteiger partial charge in [0.15, 0.2) is 0 Å². The number of hydrogen-bond acceptors (Lipinski definition) is 7. The number of aliphatic hydroxyl groups excluding tert-OH is 2. The molecule has 0 fully saturated rings. The first kappa shape index (κ1) is 11.1. The molecule has 2 aromatic rings. The van der Waals surface area contributed by atoms with E-state index in [9.17, 15) is 0 Å². The Hall–Kier alpha value is -1.44. The van der Waals surface area contributed by atoms with Gasteiger partial charge in [0.2, 0.25) is 5.95 Å². The summed E-state index contributed by atoms with van der Waals surface area (Å²) in [5.41, 5.74) is 5.56. The smallest absolute Gasteiger partial charge is 0.223 e. The van der Waals surface area contributed by atoms with Gasteiger partial charge < -0.3 is 21.3 Å². The number of rotatable bonds is 4. The van der Waals surface area contributed by atoms with E-state index in [1.54, 1.807) is 0 Å². The quantitative estimate of drug-likeness (QED) is 0.601. The molecule has 2 heterocycles. The highest BCUT2D eigenvalue weighted by Crippen LogP contribution is 2.25. The van der Waals surface area contributed by atoms with E-state index in [1.165, 1.54) is 11.3 Å². The largest absolute Gasteiger partial charge is 0.394 e. The van der Waals surface area contributed by atoms with Crippen molar-refractivity contribution in [3.63, 3.8) is 0 Å². The molecule has 0 radical (unpaired) electrons. The third kappa shape index (κ3) is 2.06. The summed E-state index contributed by atoms with van der Waals surface area (Å²) in [6, 6.07) is 1.42. The summed E-state index contributed by atoms with van der Waals surface area (Å²) in [5, 5.41) is 23.6. The highest BCUT2D eigenvalue weighted by Gasteiger charge is 2.11. The van der Waals surface area contributed by atoms with Gasteiger partial charge in [0, 0.05) is 0 Å². The minimum Gasteiger partial charge on any atom is -0.394 e. The molecule has 16 heavy (non-hydrogen) atoms. The van der Waals surface area contributed by atoms with E-state index in [2.05, 4.69) is 15.3 Å². The van der Waals surface area contributed by atoms with Crippen molar-refractivity contribution in [1.82, 2.24) is 9.97 Å². The first-order valence-corrected chi connectivity index (χ1v) is 5.61. The number of nitrogens with two attached hydrogens (primary N) is 1. The highest BCUT2D eigenvalue weighted by molar-refractivity contribution is 7.16. The van der Waals surface area contributed by atoms with E-state index in [-0.39, 0.29) is 19.2 Å². The van der Waals surface area contributed by atoms with E-state index in [0.29, 0.717) is 5.82 Å². The van der Waals surface area contributed by atoms with Gasteiger partial charge in [0.1, 0.15) is 10.6 Å². The molecule has 0 saturated heterocycles. The fourth-order valence-corrected chi connectivity index (χ4v) is 2.10. The van der Waals surface area contributed by atoms with Crippen molar-refractivity contribution in [2.75, 3.05) is 24.3 Å². The van der Waals surface area contributed by atoms with Crippen LogP contribution in [-0.2, 0) is 0 Å². The Morgan fingerprint density at radius 3 is 2.81 bits per heavy atom. The molecule has 6 nitrogen and oxygen atoms in total. The van der Waals surface area contributed by atoms with E-state index >= 15 is 0 Å². The van der Waals surface area contributed by atoms with E-state index in [0.717, 1.165) is 10.2 Å². The average Bonchev–Trinajstić information content (AvgIpc) is 2.73. The maximum Gasteiger partial charge on any atom is 0.223 e. The van der Waals surface area contributed by atoms with Crippen LogP contribution in [-0.4, -0.2) is 39.4 Å². The fourth-order valence-electron chi connectivity index (χ4n) is 1.32. The summed E-state index contributed by atoms with van der Waals surface area (Å²) in [6.45, 7) is -0.349. The zero-order chi connectivity index (χ0) is 11.5. The Morgan fingerprint density at radius 2 is 2.12 bits per heavy atom. The molecule has 2 rings (SSSR count). The van der Waals surface area contributed by atoms with Crippen LogP contribution < -0.4 is 11.1 Å². The number of nitrogens with one attached hydrogen (secondary N) is 1. The van der Waals surface area contributed by atoms with E-state index in [4.69, 9.17) is 15.9 Å². The first-order valence-electron chi connectivity index (χ1n) is 4.73. The second-order valence-corrected chi connectivity index (χ2v) is 4.17. The zero-order valence-corrected chi connectivity index (χ0v) is 9.24. The van der Waals surface area contributed by atoms with Crippen LogP contribution in [0.15, 0.2) is 11.4 Å². The van der Waals surface area contributed by atoms with Crippen LogP contribution in [0.2, 0.25) is 0 Å². The summed E-state index contributed by atoms with van der Waals surface area (Å²) >= 11 is 1.46. The van der Waals surface area contributed by atoms with Gasteiger partial charge in [-0.2, -0.15) is 4.98 Å². The Balaban J connectivity index is 2.38. The third-order valence-electron chi connectivity index (χ3n) is 2.12. The number of nitrogen functional groups attached to an aromatic ring is 1. The molecule has 0 saturated carbocycles. The SMILES string of the molecule is Nc1nc(NC(CO)CO)c2ccsc2n1. The molecule has 5 N–H and O–H groups in total. The van der Waals surface area contributed by atoms with Crippen LogP contribution in [0, 0.1) is 0 Å². The normalized spacial score (nSPS) is 11.2. The Kier molecular flexibility index (Phi) is 3.18. The van der Waals surface area contributed by atoms with Crippen LogP contribution in [0.25, 0.3) is 10.2 Å². The molecule has 0 spiro atoms. The lowest BCUT2D eigenvalue weighted by Gasteiger charge is -2.14. The number of hydrogen-bond donors (Lipinski definition) is 4. The summed E-state index contributed by atoms with van der Waals surface area (Å²) in [7, 11) is 0. The first-order chi connectivity index (χ1) is 7.74. The monoisotopic (exact) mass is 240 g/mol. The molecule has 0 aliphatic carbocycles. The number of fused-ring (bicyclic) bond motifs is 1. The molecule has 0 aliphatic heterocycles. The van der Waals surface area contributed by atoms with Crippen LogP contribution >= 0.6 is 11.3 Å². The topological polar surface area (TPSA) is 104 Å². The molecule has 0 unspecified atom stereocenters. The number of anilines is 2. The molecule has 0 aromatic carbocycles. The number of thiophene rings is 1. The van der Waals surface area contributed by atoms with Crippen LogP contribution in [0.5, 0.6) is 0 Å². The summed E-state index contributed by atoms with van der Waals surface area (Å²) < 4.78 is 0. The van der Waals surface area contributed by atoms with Gasteiger partial charge in [-0.3, -0.25) is 0 Å². The number of aliphatic hydroxyl groups is 2. The van der Waals surface area contributed by atoms with Crippen molar-refractivity contribution in [3.8, 4) is 0 Å². The lowest BCUT2D eigenvalue weighted by atomic mass is 10.3. The van der Waals surface area contributed by atoms with Crippen molar-refractivity contribution in [3.05, 3.63) is 11.4 Å². The molecule has 2 aromatic heterocycles. The van der Waals surface area contributed by atoms with Crippen molar-refractivity contribution in [1.29, 1.82) is 0 Å². The van der Waals surface area contributed by atoms with Crippen molar-refractivity contribution in [2.45, 2.75) is 6.04 Å². The van der Waals surface area contributed by atoms with Crippen molar-refractivity contribution >= 4 is 33.3 Å². The summed E-state index contributed by atoms with van der Waals surface area (Å²) in [5.74, 6) is 0.712. The Bertz CT molecular complexity index is 483. The van der Waals surface area contributed by atoms with Crippen molar-refractivity contribution in [2.24, 2.45) is 0 Å². The molecule has 0 atom stereocenters. The maximum absolute atomic E-state index is 8.98. The zero-order valence-electron chi connectivity index (χ0n) is 8.42. The Morgan fingerprint density at radius 1 is 1.38 bits per heavy atom. The number of aromatic nitrogens is 2. The third-order valence-corrected chi connectivity index (χ3v) is 2.93. The van der Waals surface area contributed by atoms with Gasteiger partial charge in [-0.05, 0) is 11.4 Å². The average molecular weight is 240 g/mol. The van der Waals surface area contributed by atoms with Gasteiger partial charge in [0.25, 0.3) is 0 Å². The standard InChI is InChI=1S/C9H12N4O2S/c10-9-12-7(11-5(3-14)4-15)6-1-2-16-8(6)13-9/h1-2,5,14-15H,3-4H2,(H3,10,11,12,13). The molecular weight excluding hydrogens is 228 g/mol. The second-order valence-electron chi connectivity index (χ2n) is 3.28. The van der Waals surface area contributed by atoms with Gasteiger partial charge >= 0.3 is 0 Å². The van der Waals surface area contributed by atoms with E-state index in [1.807, 2.05) is 11.4 Å².